The van der Waals surface area contributed by atoms with E-state index < -0.39 is 52.6 Å². The first-order valence-electron chi connectivity index (χ1n) is 12.3. The molecule has 0 saturated heterocycles. The molecule has 2 aromatic carbocycles. The first-order chi connectivity index (χ1) is 19.9. The third kappa shape index (κ3) is 5.66. The Morgan fingerprint density at radius 3 is 2.38 bits per heavy atom. The van der Waals surface area contributed by atoms with Crippen LogP contribution in [-0.2, 0) is 21.9 Å². The summed E-state index contributed by atoms with van der Waals surface area (Å²) in [6.07, 6.45) is -7.22. The van der Waals surface area contributed by atoms with Gasteiger partial charge in [-0.05, 0) is 30.7 Å². The maximum absolute atomic E-state index is 14.3. The second-order valence-corrected chi connectivity index (χ2v) is 8.99. The minimum Gasteiger partial charge on any atom is -0.464 e. The van der Waals surface area contributed by atoms with Crippen molar-refractivity contribution < 1.29 is 44.8 Å². The van der Waals surface area contributed by atoms with E-state index in [1.165, 1.54) is 30.6 Å². The minimum absolute atomic E-state index is 0.0100. The van der Waals surface area contributed by atoms with Crippen molar-refractivity contribution >= 4 is 5.97 Å². The maximum atomic E-state index is 14.3. The highest BCUT2D eigenvalue weighted by Gasteiger charge is 2.39. The van der Waals surface area contributed by atoms with E-state index in [0.717, 1.165) is 10.7 Å². The molecule has 0 saturated carbocycles. The lowest BCUT2D eigenvalue weighted by molar-refractivity contribution is -0.147. The summed E-state index contributed by atoms with van der Waals surface area (Å²) in [6, 6.07) is 6.35. The van der Waals surface area contributed by atoms with Gasteiger partial charge in [-0.1, -0.05) is 30.3 Å². The van der Waals surface area contributed by atoms with E-state index >= 15 is 0 Å². The number of fused-ring (bicyclic) bond motifs is 1. The van der Waals surface area contributed by atoms with Crippen molar-refractivity contribution in [3.8, 4) is 34.0 Å². The summed E-state index contributed by atoms with van der Waals surface area (Å²) in [4.78, 5) is 21.6. The van der Waals surface area contributed by atoms with Gasteiger partial charge in [0.1, 0.15) is 22.9 Å². The average molecular weight is 593 g/mol. The molecule has 2 aliphatic heterocycles. The zero-order valence-corrected chi connectivity index (χ0v) is 21.4. The second kappa shape index (κ2) is 10.9. The van der Waals surface area contributed by atoms with Crippen LogP contribution < -0.4 is 0 Å². The molecule has 0 spiro atoms. The van der Waals surface area contributed by atoms with Gasteiger partial charge in [0.15, 0.2) is 11.6 Å². The van der Waals surface area contributed by atoms with Crippen LogP contribution in [0.1, 0.15) is 36.3 Å². The molecule has 15 heteroatoms. The topological polar surface area (TPSA) is 95.9 Å². The maximum Gasteiger partial charge on any atom is 0.417 e. The van der Waals surface area contributed by atoms with Crippen molar-refractivity contribution in [2.24, 2.45) is 0 Å². The zero-order chi connectivity index (χ0) is 30.2. The van der Waals surface area contributed by atoms with E-state index in [4.69, 9.17) is 9.26 Å². The molecule has 3 heterocycles. The lowest BCUT2D eigenvalue weighted by Gasteiger charge is -2.16. The molecule has 0 bridgehead atoms. The fourth-order valence-electron chi connectivity index (χ4n) is 4.10. The Morgan fingerprint density at radius 1 is 0.952 bits per heavy atom. The van der Waals surface area contributed by atoms with Crippen LogP contribution in [0.4, 0.5) is 30.7 Å². The average Bonchev–Trinajstić information content (AvgIpc) is 3.58. The molecule has 218 valence electrons. The van der Waals surface area contributed by atoms with E-state index in [9.17, 15) is 35.5 Å². The van der Waals surface area contributed by atoms with Crippen molar-refractivity contribution in [1.82, 2.24) is 24.9 Å². The molecule has 0 N–H and O–H groups in total. The summed E-state index contributed by atoms with van der Waals surface area (Å²) in [5, 5.41) is 7.75. The Morgan fingerprint density at radius 2 is 1.69 bits per heavy atom. The lowest BCUT2D eigenvalue weighted by Crippen LogP contribution is -2.25. The fraction of sp³-hybridized carbons (Fsp3) is 0.222. The highest BCUT2D eigenvalue weighted by atomic mass is 19.4. The van der Waals surface area contributed by atoms with Gasteiger partial charge in [0.2, 0.25) is 6.04 Å². The third-order valence-corrected chi connectivity index (χ3v) is 6.06. The van der Waals surface area contributed by atoms with E-state index in [1.807, 2.05) is 0 Å². The molecule has 0 radical (unpaired) electrons. The van der Waals surface area contributed by atoms with Gasteiger partial charge in [-0.25, -0.2) is 23.8 Å². The van der Waals surface area contributed by atoms with Gasteiger partial charge in [-0.3, -0.25) is 0 Å². The van der Waals surface area contributed by atoms with Crippen LogP contribution in [0.15, 0.2) is 65.4 Å². The van der Waals surface area contributed by atoms with Gasteiger partial charge in [-0.15, -0.1) is 0 Å². The number of hydrogen-bond acceptors (Lipinski definition) is 7. The van der Waals surface area contributed by atoms with Gasteiger partial charge in [0, 0.05) is 11.6 Å². The molecule has 8 nitrogen and oxygen atoms in total. The summed E-state index contributed by atoms with van der Waals surface area (Å²) in [5.41, 5.74) is -3.70. The van der Waals surface area contributed by atoms with Gasteiger partial charge in [0.25, 0.3) is 0 Å². The Kier molecular flexibility index (Phi) is 7.43. The predicted molar refractivity (Wildman–Crippen MR) is 131 cm³/mol. The number of aromatic nitrogens is 5. The number of carbonyl (C=O) groups is 1. The molecule has 3 aromatic rings. The highest BCUT2D eigenvalue weighted by Crippen LogP contribution is 2.41. The number of rotatable bonds is 7. The number of carbonyl (C=O) groups excluding carboxylic acids is 1. The number of imidazole rings is 1. The van der Waals surface area contributed by atoms with Gasteiger partial charge in [0.05, 0.1) is 35.7 Å². The standard InChI is InChI=1S/C27H18F7N5O3/c1-2-9-41-25(40)23(39-13-21-20(12-35-39)36-24(37-21)16-5-3-4-6-18(16)28)22-11-19(38-42-22)15-8-7-14(26(29,30)31)10-17(15)27(32,33)34/h3-8,10-13,23H,2,9H2,1H3. The van der Waals surface area contributed by atoms with Crippen molar-refractivity contribution in [1.29, 1.82) is 0 Å². The van der Waals surface area contributed by atoms with Crippen LogP contribution in [-0.4, -0.2) is 37.5 Å². The van der Waals surface area contributed by atoms with Crippen molar-refractivity contribution in [3.05, 3.63) is 83.6 Å². The van der Waals surface area contributed by atoms with Crippen LogP contribution in [0, 0.1) is 5.82 Å². The number of nitrogens with zero attached hydrogens (tertiary/aromatic N) is 5. The second-order valence-electron chi connectivity index (χ2n) is 8.99. The van der Waals surface area contributed by atoms with E-state index in [0.29, 0.717) is 18.6 Å². The molecule has 5 rings (SSSR count). The Hall–Kier alpha value is -4.82. The molecule has 0 amide bonds. The monoisotopic (exact) mass is 593 g/mol. The first-order valence-corrected chi connectivity index (χ1v) is 12.3. The van der Waals surface area contributed by atoms with Crippen LogP contribution in [0.5, 0.6) is 0 Å². The van der Waals surface area contributed by atoms with Gasteiger partial charge in [-0.2, -0.15) is 31.4 Å². The number of esters is 1. The third-order valence-electron chi connectivity index (χ3n) is 6.06. The summed E-state index contributed by atoms with van der Waals surface area (Å²) in [7, 11) is 0. The summed E-state index contributed by atoms with van der Waals surface area (Å²) < 4.78 is 106. The molecular weight excluding hydrogens is 575 g/mol. The summed E-state index contributed by atoms with van der Waals surface area (Å²) in [6.45, 7) is 1.73. The highest BCUT2D eigenvalue weighted by molar-refractivity contribution is 5.78. The normalized spacial score (nSPS) is 13.0. The molecule has 0 fully saturated rings. The van der Waals surface area contributed by atoms with Crippen LogP contribution in [0.25, 0.3) is 34.0 Å². The molecule has 42 heavy (non-hydrogen) atoms. The molecule has 1 aromatic heterocycles. The Bertz CT molecular complexity index is 1710. The lowest BCUT2D eigenvalue weighted by atomic mass is 10.00. The largest absolute Gasteiger partial charge is 0.464 e. The van der Waals surface area contributed by atoms with Gasteiger partial charge >= 0.3 is 18.3 Å². The minimum atomic E-state index is -5.16. The molecule has 2 aliphatic rings. The zero-order valence-electron chi connectivity index (χ0n) is 21.4. The van der Waals surface area contributed by atoms with Gasteiger partial charge < -0.3 is 9.26 Å². The van der Waals surface area contributed by atoms with Crippen LogP contribution in [0.3, 0.4) is 0 Å². The molecular formula is C27H18F7N5O3. The smallest absolute Gasteiger partial charge is 0.417 e. The van der Waals surface area contributed by atoms with Crippen molar-refractivity contribution in [2.75, 3.05) is 6.61 Å². The first kappa shape index (κ1) is 28.7. The number of ether oxygens (including phenoxy) is 1. The Labute approximate surface area is 232 Å². The van der Waals surface area contributed by atoms with E-state index in [1.54, 1.807) is 13.0 Å². The quantitative estimate of drug-likeness (QED) is 0.151. The van der Waals surface area contributed by atoms with Crippen molar-refractivity contribution in [2.45, 2.75) is 31.7 Å². The number of hydrogen-bond donors (Lipinski definition) is 0. The van der Waals surface area contributed by atoms with E-state index in [2.05, 4.69) is 20.2 Å². The van der Waals surface area contributed by atoms with Crippen LogP contribution >= 0.6 is 0 Å². The van der Waals surface area contributed by atoms with Crippen molar-refractivity contribution in [3.63, 3.8) is 0 Å². The SMILES string of the molecule is CCCOC(=O)C(c1cc(-c2ccc(C(F)(F)F)cc2C(F)(F)F)no1)n1cc2nc(-c3ccccc3F)nc-2cn1. The number of benzene rings is 2. The number of alkyl halides is 6. The summed E-state index contributed by atoms with van der Waals surface area (Å²) >= 11 is 0. The van der Waals surface area contributed by atoms with Crippen LogP contribution in [0.2, 0.25) is 0 Å². The Balaban J connectivity index is 1.57. The predicted octanol–water partition coefficient (Wildman–Crippen LogP) is 6.82. The fourth-order valence-corrected chi connectivity index (χ4v) is 4.10. The molecule has 1 atom stereocenters. The summed E-state index contributed by atoms with van der Waals surface area (Å²) in [5.74, 6) is -1.74. The molecule has 0 aliphatic carbocycles. The van der Waals surface area contributed by atoms with E-state index in [-0.39, 0.29) is 41.2 Å². The molecule has 1 unspecified atom stereocenters. The number of halogens is 7.